The van der Waals surface area contributed by atoms with E-state index in [4.69, 9.17) is 5.26 Å². The minimum absolute atomic E-state index is 0.116. The van der Waals surface area contributed by atoms with E-state index in [9.17, 15) is 9.59 Å². The van der Waals surface area contributed by atoms with Gasteiger partial charge < -0.3 is 5.32 Å². The van der Waals surface area contributed by atoms with E-state index in [1.54, 1.807) is 35.7 Å². The lowest BCUT2D eigenvalue weighted by atomic mass is 10.1. The van der Waals surface area contributed by atoms with Gasteiger partial charge >= 0.3 is 0 Å². The zero-order chi connectivity index (χ0) is 18.4. The van der Waals surface area contributed by atoms with Crippen LogP contribution < -0.4 is 10.6 Å². The Kier molecular flexibility index (Phi) is 5.73. The highest BCUT2D eigenvalue weighted by Crippen LogP contribution is 2.19. The summed E-state index contributed by atoms with van der Waals surface area (Å²) in [5, 5.41) is 18.2. The van der Waals surface area contributed by atoms with Gasteiger partial charge in [-0.05, 0) is 29.1 Å². The minimum Gasteiger partial charge on any atom is -0.326 e. The molecule has 0 saturated heterocycles. The fourth-order valence-corrected chi connectivity index (χ4v) is 3.50. The Morgan fingerprint density at radius 2 is 1.92 bits per heavy atom. The summed E-state index contributed by atoms with van der Waals surface area (Å²) in [7, 11) is 0. The SMILES string of the molecule is N#CCc1ccc(NC(=O)Cc2csc(NC(=O)c3cccs3)n2)cc1. The zero-order valence-corrected chi connectivity index (χ0v) is 15.2. The molecule has 130 valence electrons. The maximum absolute atomic E-state index is 12.1. The molecule has 0 bridgehead atoms. The minimum atomic E-state index is -0.206. The van der Waals surface area contributed by atoms with Crippen molar-refractivity contribution in [3.05, 3.63) is 63.3 Å². The highest BCUT2D eigenvalue weighted by atomic mass is 32.1. The van der Waals surface area contributed by atoms with Gasteiger partial charge in [0.15, 0.2) is 5.13 Å². The Labute approximate surface area is 158 Å². The Balaban J connectivity index is 1.54. The maximum atomic E-state index is 12.1. The summed E-state index contributed by atoms with van der Waals surface area (Å²) in [6, 6.07) is 12.8. The second-order valence-electron chi connectivity index (χ2n) is 5.33. The molecule has 6 nitrogen and oxygen atoms in total. The number of anilines is 2. The third-order valence-electron chi connectivity index (χ3n) is 3.38. The fraction of sp³-hybridized carbons (Fsp3) is 0.111. The van der Waals surface area contributed by atoms with Crippen LogP contribution in [0.3, 0.4) is 0 Å². The van der Waals surface area contributed by atoms with Crippen LogP contribution in [0.25, 0.3) is 0 Å². The summed E-state index contributed by atoms with van der Waals surface area (Å²) in [5.74, 6) is -0.401. The van der Waals surface area contributed by atoms with Gasteiger partial charge in [-0.15, -0.1) is 22.7 Å². The Bertz CT molecular complexity index is 940. The van der Waals surface area contributed by atoms with Gasteiger partial charge in [0.2, 0.25) is 5.91 Å². The second-order valence-corrected chi connectivity index (χ2v) is 7.14. The number of nitriles is 1. The number of rotatable bonds is 6. The smallest absolute Gasteiger partial charge is 0.267 e. The molecule has 0 aliphatic rings. The lowest BCUT2D eigenvalue weighted by Gasteiger charge is -2.04. The van der Waals surface area contributed by atoms with Crippen LogP contribution in [0.1, 0.15) is 20.9 Å². The van der Waals surface area contributed by atoms with Gasteiger partial charge in [0, 0.05) is 11.1 Å². The van der Waals surface area contributed by atoms with Crippen molar-refractivity contribution in [2.45, 2.75) is 12.8 Å². The topological polar surface area (TPSA) is 94.9 Å². The first-order valence-electron chi connectivity index (χ1n) is 7.69. The lowest BCUT2D eigenvalue weighted by molar-refractivity contribution is -0.115. The van der Waals surface area contributed by atoms with E-state index < -0.39 is 0 Å². The van der Waals surface area contributed by atoms with Crippen molar-refractivity contribution in [3.8, 4) is 6.07 Å². The highest BCUT2D eigenvalue weighted by Gasteiger charge is 2.12. The van der Waals surface area contributed by atoms with Gasteiger partial charge in [-0.3, -0.25) is 14.9 Å². The van der Waals surface area contributed by atoms with Crippen LogP contribution in [0.15, 0.2) is 47.2 Å². The number of thiazole rings is 1. The molecule has 0 unspecified atom stereocenters. The molecule has 26 heavy (non-hydrogen) atoms. The largest absolute Gasteiger partial charge is 0.326 e. The summed E-state index contributed by atoms with van der Waals surface area (Å²) < 4.78 is 0. The average Bonchev–Trinajstić information content (AvgIpc) is 3.29. The van der Waals surface area contributed by atoms with E-state index in [2.05, 4.69) is 21.7 Å². The normalized spacial score (nSPS) is 10.1. The fourth-order valence-electron chi connectivity index (χ4n) is 2.18. The molecule has 0 saturated carbocycles. The van der Waals surface area contributed by atoms with Gasteiger partial charge in [0.1, 0.15) is 0 Å². The van der Waals surface area contributed by atoms with Crippen LogP contribution in [0.4, 0.5) is 10.8 Å². The zero-order valence-electron chi connectivity index (χ0n) is 13.6. The number of nitrogens with zero attached hydrogens (tertiary/aromatic N) is 2. The lowest BCUT2D eigenvalue weighted by Crippen LogP contribution is -2.15. The van der Waals surface area contributed by atoms with Crippen LogP contribution in [0.2, 0.25) is 0 Å². The predicted molar refractivity (Wildman–Crippen MR) is 102 cm³/mol. The summed E-state index contributed by atoms with van der Waals surface area (Å²) in [6.07, 6.45) is 0.457. The van der Waals surface area contributed by atoms with Gasteiger partial charge in [-0.25, -0.2) is 4.98 Å². The molecule has 2 amide bonds. The quantitative estimate of drug-likeness (QED) is 0.679. The second kappa shape index (κ2) is 8.38. The number of amides is 2. The summed E-state index contributed by atoms with van der Waals surface area (Å²) in [6.45, 7) is 0. The first-order chi connectivity index (χ1) is 12.6. The van der Waals surface area contributed by atoms with Gasteiger partial charge in [0.05, 0.1) is 29.5 Å². The number of hydrogen-bond acceptors (Lipinski definition) is 6. The van der Waals surface area contributed by atoms with E-state index in [0.29, 0.717) is 27.8 Å². The summed E-state index contributed by atoms with van der Waals surface area (Å²) in [5.41, 5.74) is 2.16. The van der Waals surface area contributed by atoms with Gasteiger partial charge in [-0.2, -0.15) is 5.26 Å². The van der Waals surface area contributed by atoms with Crippen LogP contribution in [0, 0.1) is 11.3 Å². The van der Waals surface area contributed by atoms with Crippen LogP contribution in [0.5, 0.6) is 0 Å². The molecule has 0 spiro atoms. The van der Waals surface area contributed by atoms with E-state index in [-0.39, 0.29) is 18.2 Å². The molecular weight excluding hydrogens is 368 g/mol. The van der Waals surface area contributed by atoms with Crippen molar-refractivity contribution in [3.63, 3.8) is 0 Å². The number of carbonyl (C=O) groups excluding carboxylic acids is 2. The monoisotopic (exact) mass is 382 g/mol. The van der Waals surface area contributed by atoms with Crippen LogP contribution >= 0.6 is 22.7 Å². The molecule has 8 heteroatoms. The molecule has 0 aliphatic heterocycles. The third-order valence-corrected chi connectivity index (χ3v) is 5.05. The first-order valence-corrected chi connectivity index (χ1v) is 9.45. The maximum Gasteiger partial charge on any atom is 0.267 e. The van der Waals surface area contributed by atoms with E-state index in [1.165, 1.54) is 22.7 Å². The van der Waals surface area contributed by atoms with Gasteiger partial charge in [0.25, 0.3) is 5.91 Å². The number of carbonyl (C=O) groups is 2. The van der Waals surface area contributed by atoms with E-state index in [0.717, 1.165) is 5.56 Å². The summed E-state index contributed by atoms with van der Waals surface area (Å²) >= 11 is 2.64. The molecule has 0 atom stereocenters. The molecule has 0 fully saturated rings. The van der Waals surface area contributed by atoms with Crippen molar-refractivity contribution in [1.29, 1.82) is 5.26 Å². The number of hydrogen-bond donors (Lipinski definition) is 2. The first kappa shape index (κ1) is 17.8. The van der Waals surface area contributed by atoms with Crippen molar-refractivity contribution >= 4 is 45.3 Å². The molecule has 0 radical (unpaired) electrons. The number of nitrogens with one attached hydrogen (secondary N) is 2. The Morgan fingerprint density at radius 3 is 2.62 bits per heavy atom. The number of aromatic nitrogens is 1. The van der Waals surface area contributed by atoms with Crippen LogP contribution in [-0.2, 0) is 17.6 Å². The molecule has 3 aromatic rings. The number of thiophene rings is 1. The molecule has 2 aromatic heterocycles. The highest BCUT2D eigenvalue weighted by molar-refractivity contribution is 7.14. The average molecular weight is 382 g/mol. The third kappa shape index (κ3) is 4.75. The molecule has 0 aliphatic carbocycles. The molecule has 2 heterocycles. The van der Waals surface area contributed by atoms with E-state index in [1.807, 2.05) is 11.4 Å². The number of benzene rings is 1. The summed E-state index contributed by atoms with van der Waals surface area (Å²) in [4.78, 5) is 29.0. The molecule has 3 rings (SSSR count). The Hall–Kier alpha value is -3.02. The molecule has 2 N–H and O–H groups in total. The predicted octanol–water partition coefficient (Wildman–Crippen LogP) is 3.70. The molecular formula is C18H14N4O2S2. The van der Waals surface area contributed by atoms with Crippen molar-refractivity contribution in [1.82, 2.24) is 4.98 Å². The Morgan fingerprint density at radius 1 is 1.12 bits per heavy atom. The standard InChI is InChI=1S/C18H14N4O2S2/c19-8-7-12-3-5-13(6-4-12)20-16(23)10-14-11-26-18(21-14)22-17(24)15-2-1-9-25-15/h1-6,9,11H,7,10H2,(H,20,23)(H,21,22,24). The van der Waals surface area contributed by atoms with Gasteiger partial charge in [-0.1, -0.05) is 18.2 Å². The van der Waals surface area contributed by atoms with Crippen LogP contribution in [-0.4, -0.2) is 16.8 Å². The van der Waals surface area contributed by atoms with Crippen molar-refractivity contribution in [2.24, 2.45) is 0 Å². The van der Waals surface area contributed by atoms with Crippen molar-refractivity contribution in [2.75, 3.05) is 10.6 Å². The van der Waals surface area contributed by atoms with E-state index >= 15 is 0 Å². The van der Waals surface area contributed by atoms with Crippen molar-refractivity contribution < 1.29 is 9.59 Å². The molecule has 1 aromatic carbocycles.